The predicted octanol–water partition coefficient (Wildman–Crippen LogP) is 2.79. The van der Waals surface area contributed by atoms with Crippen LogP contribution in [0.5, 0.6) is 0 Å². The van der Waals surface area contributed by atoms with Gasteiger partial charge in [-0.15, -0.1) is 0 Å². The van der Waals surface area contributed by atoms with E-state index in [0.29, 0.717) is 23.5 Å². The molecule has 1 unspecified atom stereocenters. The SMILES string of the molecule is CCC1(OC(=O)CNC(=O)CC(C)C)C(=O)OCc2c1cc1n(c2=O)Cc2cc3ccccc3nc2-1. The van der Waals surface area contributed by atoms with Crippen molar-refractivity contribution in [3.05, 3.63) is 63.4 Å². The number of nitrogens with one attached hydrogen (secondary N) is 1. The van der Waals surface area contributed by atoms with E-state index in [4.69, 9.17) is 14.5 Å². The molecule has 0 spiro atoms. The molecule has 2 aromatic heterocycles. The van der Waals surface area contributed by atoms with Crippen molar-refractivity contribution < 1.29 is 23.9 Å². The average Bonchev–Trinajstić information content (AvgIpc) is 3.20. The zero-order valence-electron chi connectivity index (χ0n) is 20.4. The molecule has 2 aliphatic heterocycles. The second-order valence-electron chi connectivity index (χ2n) is 9.61. The van der Waals surface area contributed by atoms with Crippen molar-refractivity contribution in [2.24, 2.45) is 5.92 Å². The normalized spacial score (nSPS) is 17.8. The number of cyclic esters (lactones) is 1. The quantitative estimate of drug-likeness (QED) is 0.414. The summed E-state index contributed by atoms with van der Waals surface area (Å²) in [6, 6.07) is 11.4. The van der Waals surface area contributed by atoms with E-state index < -0.39 is 24.1 Å². The van der Waals surface area contributed by atoms with Gasteiger partial charge >= 0.3 is 11.9 Å². The molecule has 9 nitrogen and oxygen atoms in total. The number of ether oxygens (including phenoxy) is 2. The van der Waals surface area contributed by atoms with E-state index in [1.807, 2.05) is 44.2 Å². The molecule has 1 N–H and O–H groups in total. The summed E-state index contributed by atoms with van der Waals surface area (Å²) in [6.45, 7) is 5.23. The number of amides is 1. The molecule has 3 aromatic rings. The predicted molar refractivity (Wildman–Crippen MR) is 131 cm³/mol. The molecule has 1 atom stereocenters. The number of hydrogen-bond donors (Lipinski definition) is 1. The Balaban J connectivity index is 1.55. The molecular formula is C27H27N3O6. The molecule has 2 aliphatic rings. The third-order valence-electron chi connectivity index (χ3n) is 6.70. The van der Waals surface area contributed by atoms with Crippen molar-refractivity contribution in [2.75, 3.05) is 6.54 Å². The van der Waals surface area contributed by atoms with E-state index in [9.17, 15) is 19.2 Å². The van der Waals surface area contributed by atoms with Crippen LogP contribution in [0.25, 0.3) is 22.3 Å². The molecule has 36 heavy (non-hydrogen) atoms. The van der Waals surface area contributed by atoms with E-state index in [2.05, 4.69) is 5.32 Å². The number of aromatic nitrogens is 2. The van der Waals surface area contributed by atoms with Crippen molar-refractivity contribution in [3.63, 3.8) is 0 Å². The number of rotatable bonds is 6. The summed E-state index contributed by atoms with van der Waals surface area (Å²) in [5, 5.41) is 3.49. The van der Waals surface area contributed by atoms with Crippen LogP contribution in [0.2, 0.25) is 0 Å². The van der Waals surface area contributed by atoms with Crippen molar-refractivity contribution >= 4 is 28.7 Å². The van der Waals surface area contributed by atoms with E-state index in [1.165, 1.54) is 0 Å². The zero-order valence-corrected chi connectivity index (χ0v) is 20.4. The van der Waals surface area contributed by atoms with Crippen LogP contribution in [-0.4, -0.2) is 33.9 Å². The second kappa shape index (κ2) is 8.89. The van der Waals surface area contributed by atoms with Gasteiger partial charge in [-0.2, -0.15) is 0 Å². The van der Waals surface area contributed by atoms with Crippen molar-refractivity contribution in [3.8, 4) is 11.4 Å². The van der Waals surface area contributed by atoms with Gasteiger partial charge in [-0.25, -0.2) is 9.78 Å². The van der Waals surface area contributed by atoms with Gasteiger partial charge in [0.1, 0.15) is 13.2 Å². The van der Waals surface area contributed by atoms with Crippen molar-refractivity contribution in [2.45, 2.75) is 52.4 Å². The van der Waals surface area contributed by atoms with Crippen molar-refractivity contribution in [1.29, 1.82) is 0 Å². The molecule has 0 aliphatic carbocycles. The molecular weight excluding hydrogens is 462 g/mol. The van der Waals surface area contributed by atoms with Crippen LogP contribution >= 0.6 is 0 Å². The number of esters is 2. The molecule has 0 saturated heterocycles. The summed E-state index contributed by atoms with van der Waals surface area (Å²) in [5.74, 6) is -1.69. The topological polar surface area (TPSA) is 117 Å². The maximum absolute atomic E-state index is 13.5. The first kappa shape index (κ1) is 23.7. The van der Waals surface area contributed by atoms with Gasteiger partial charge in [0, 0.05) is 22.9 Å². The number of pyridine rings is 2. The van der Waals surface area contributed by atoms with Crippen LogP contribution in [0.4, 0.5) is 0 Å². The highest BCUT2D eigenvalue weighted by Crippen LogP contribution is 2.40. The summed E-state index contributed by atoms with van der Waals surface area (Å²) in [7, 11) is 0. The third kappa shape index (κ3) is 3.84. The standard InChI is InChI=1S/C27H27N3O6/c1-4-27(36-23(32)12-28-22(31)9-15(2)3)19-11-21-24-17(10-16-7-5-6-8-20(16)29-24)13-30(21)25(33)18(19)14-35-26(27)34/h5-8,10-11,15H,4,9,12-14H2,1-3H3,(H,28,31). The molecule has 1 aromatic carbocycles. The largest absolute Gasteiger partial charge is 0.457 e. The van der Waals surface area contributed by atoms with E-state index in [0.717, 1.165) is 16.5 Å². The average molecular weight is 490 g/mol. The van der Waals surface area contributed by atoms with Gasteiger partial charge in [0.25, 0.3) is 5.56 Å². The van der Waals surface area contributed by atoms with Crippen LogP contribution in [0.15, 0.2) is 41.2 Å². The van der Waals surface area contributed by atoms with E-state index in [1.54, 1.807) is 17.6 Å². The lowest BCUT2D eigenvalue weighted by atomic mass is 9.85. The van der Waals surface area contributed by atoms with Crippen LogP contribution in [0, 0.1) is 5.92 Å². The molecule has 1 amide bonds. The van der Waals surface area contributed by atoms with Gasteiger partial charge in [0.15, 0.2) is 0 Å². The van der Waals surface area contributed by atoms with Gasteiger partial charge in [0.2, 0.25) is 11.5 Å². The summed E-state index contributed by atoms with van der Waals surface area (Å²) < 4.78 is 12.7. The molecule has 186 valence electrons. The molecule has 0 radical (unpaired) electrons. The lowest BCUT2D eigenvalue weighted by Crippen LogP contribution is -2.48. The van der Waals surface area contributed by atoms with Gasteiger partial charge < -0.3 is 19.4 Å². The summed E-state index contributed by atoms with van der Waals surface area (Å²) in [5.41, 5.74) is 1.39. The number of hydrogen-bond acceptors (Lipinski definition) is 7. The van der Waals surface area contributed by atoms with Crippen LogP contribution in [0.1, 0.15) is 50.3 Å². The minimum Gasteiger partial charge on any atom is -0.457 e. The molecule has 0 bridgehead atoms. The molecule has 0 saturated carbocycles. The lowest BCUT2D eigenvalue weighted by Gasteiger charge is -2.35. The minimum atomic E-state index is -1.79. The van der Waals surface area contributed by atoms with Crippen molar-refractivity contribution in [1.82, 2.24) is 14.9 Å². The van der Waals surface area contributed by atoms with E-state index >= 15 is 0 Å². The first-order valence-corrected chi connectivity index (χ1v) is 12.1. The van der Waals surface area contributed by atoms with Gasteiger partial charge in [0.05, 0.1) is 29.0 Å². The Morgan fingerprint density at radius 1 is 1.22 bits per heavy atom. The Kier molecular flexibility index (Phi) is 5.86. The van der Waals surface area contributed by atoms with Gasteiger partial charge in [-0.3, -0.25) is 14.4 Å². The Morgan fingerprint density at radius 2 is 2.00 bits per heavy atom. The first-order valence-electron chi connectivity index (χ1n) is 12.1. The summed E-state index contributed by atoms with van der Waals surface area (Å²) >= 11 is 0. The fourth-order valence-corrected chi connectivity index (χ4v) is 4.93. The highest BCUT2D eigenvalue weighted by atomic mass is 16.6. The molecule has 0 fully saturated rings. The fraction of sp³-hybridized carbons (Fsp3) is 0.370. The maximum atomic E-state index is 13.5. The smallest absolute Gasteiger partial charge is 0.355 e. The highest BCUT2D eigenvalue weighted by Gasteiger charge is 2.50. The minimum absolute atomic E-state index is 0.0609. The summed E-state index contributed by atoms with van der Waals surface area (Å²) in [4.78, 5) is 56.1. The number of fused-ring (bicyclic) bond motifs is 5. The number of benzene rings is 1. The lowest BCUT2D eigenvalue weighted by molar-refractivity contribution is -0.189. The summed E-state index contributed by atoms with van der Waals surface area (Å²) in [6.07, 6.45) is 0.326. The van der Waals surface area contributed by atoms with Crippen LogP contribution in [-0.2, 0) is 42.6 Å². The third-order valence-corrected chi connectivity index (χ3v) is 6.70. The second-order valence-corrected chi connectivity index (χ2v) is 9.61. The monoisotopic (exact) mass is 489 g/mol. The Morgan fingerprint density at radius 3 is 2.75 bits per heavy atom. The highest BCUT2D eigenvalue weighted by molar-refractivity contribution is 5.89. The van der Waals surface area contributed by atoms with Gasteiger partial charge in [-0.1, -0.05) is 39.0 Å². The Hall–Kier alpha value is -4.01. The number of nitrogens with zero attached hydrogens (tertiary/aromatic N) is 2. The van der Waals surface area contributed by atoms with E-state index in [-0.39, 0.29) is 42.4 Å². The molecule has 5 rings (SSSR count). The Bertz CT molecular complexity index is 1470. The number of carbonyl (C=O) groups excluding carboxylic acids is 3. The number of carbonyl (C=O) groups is 3. The zero-order chi connectivity index (χ0) is 25.6. The maximum Gasteiger partial charge on any atom is 0.355 e. The molecule has 4 heterocycles. The van der Waals surface area contributed by atoms with Crippen LogP contribution < -0.4 is 10.9 Å². The number of para-hydroxylation sites is 1. The first-order chi connectivity index (χ1) is 17.2. The Labute approximate surface area is 207 Å². The van der Waals surface area contributed by atoms with Gasteiger partial charge in [-0.05, 0) is 30.5 Å². The molecule has 9 heteroatoms. The van der Waals surface area contributed by atoms with Crippen LogP contribution in [0.3, 0.4) is 0 Å². The fourth-order valence-electron chi connectivity index (χ4n) is 4.93.